The second kappa shape index (κ2) is 4.04. The molecule has 1 fully saturated rings. The highest BCUT2D eigenvalue weighted by molar-refractivity contribution is 7.17. The molecule has 0 bridgehead atoms. The van der Waals surface area contributed by atoms with E-state index >= 15 is 0 Å². The standard InChI is InChI=1S/C14H16BFO2S/c1-13(2)14(3,4)18-15(17-13)10-7-9-5-6-19-12(9)8-11(10)16/h5-8H,1-4H3. The largest absolute Gasteiger partial charge is 0.497 e. The molecule has 1 aliphatic heterocycles. The molecule has 2 heterocycles. The second-order valence-corrected chi connectivity index (χ2v) is 6.87. The minimum Gasteiger partial charge on any atom is -0.399 e. The van der Waals surface area contributed by atoms with Gasteiger partial charge in [0.2, 0.25) is 0 Å². The van der Waals surface area contributed by atoms with Crippen LogP contribution in [0.2, 0.25) is 0 Å². The molecule has 1 aliphatic rings. The first-order chi connectivity index (χ1) is 8.80. The number of rotatable bonds is 1. The van der Waals surface area contributed by atoms with Gasteiger partial charge in [0, 0.05) is 10.2 Å². The van der Waals surface area contributed by atoms with Crippen LogP contribution in [0.1, 0.15) is 27.7 Å². The van der Waals surface area contributed by atoms with E-state index in [-0.39, 0.29) is 5.82 Å². The summed E-state index contributed by atoms with van der Waals surface area (Å²) in [4.78, 5) is 0. The summed E-state index contributed by atoms with van der Waals surface area (Å²) in [5.74, 6) is -0.270. The maximum atomic E-state index is 14.2. The zero-order chi connectivity index (χ0) is 13.8. The van der Waals surface area contributed by atoms with Crippen LogP contribution in [0.15, 0.2) is 23.6 Å². The summed E-state index contributed by atoms with van der Waals surface area (Å²) in [6.45, 7) is 7.87. The van der Waals surface area contributed by atoms with Crippen molar-refractivity contribution in [3.8, 4) is 0 Å². The van der Waals surface area contributed by atoms with Crippen molar-refractivity contribution in [2.75, 3.05) is 0 Å². The van der Waals surface area contributed by atoms with Crippen LogP contribution in [0.5, 0.6) is 0 Å². The normalized spacial score (nSPS) is 21.2. The Morgan fingerprint density at radius 1 is 1.11 bits per heavy atom. The summed E-state index contributed by atoms with van der Waals surface area (Å²) in [5, 5.41) is 2.98. The zero-order valence-corrected chi connectivity index (χ0v) is 12.3. The summed E-state index contributed by atoms with van der Waals surface area (Å²) in [7, 11) is -0.644. The molecule has 2 aromatic rings. The van der Waals surface area contributed by atoms with Gasteiger partial charge in [0.25, 0.3) is 0 Å². The van der Waals surface area contributed by atoms with Crippen LogP contribution in [0.3, 0.4) is 0 Å². The van der Waals surface area contributed by atoms with Gasteiger partial charge in [-0.25, -0.2) is 4.39 Å². The van der Waals surface area contributed by atoms with Gasteiger partial charge in [-0.15, -0.1) is 11.3 Å². The zero-order valence-electron chi connectivity index (χ0n) is 11.5. The summed E-state index contributed by atoms with van der Waals surface area (Å²) in [6.07, 6.45) is 0. The third-order valence-corrected chi connectivity index (χ3v) is 4.96. The Morgan fingerprint density at radius 3 is 2.37 bits per heavy atom. The predicted molar refractivity (Wildman–Crippen MR) is 77.5 cm³/mol. The molecule has 2 nitrogen and oxygen atoms in total. The van der Waals surface area contributed by atoms with Gasteiger partial charge in [0.05, 0.1) is 11.2 Å². The third kappa shape index (κ3) is 2.00. The molecule has 0 radical (unpaired) electrons. The minimum atomic E-state index is -0.644. The summed E-state index contributed by atoms with van der Waals surface area (Å²) in [5.41, 5.74) is -0.425. The van der Waals surface area contributed by atoms with E-state index in [1.807, 2.05) is 45.2 Å². The minimum absolute atomic E-state index is 0.270. The summed E-state index contributed by atoms with van der Waals surface area (Å²) in [6, 6.07) is 5.36. The Morgan fingerprint density at radius 2 is 1.74 bits per heavy atom. The van der Waals surface area contributed by atoms with E-state index < -0.39 is 18.3 Å². The highest BCUT2D eigenvalue weighted by atomic mass is 32.1. The van der Waals surface area contributed by atoms with Gasteiger partial charge >= 0.3 is 7.12 Å². The second-order valence-electron chi connectivity index (χ2n) is 5.92. The maximum absolute atomic E-state index is 14.2. The lowest BCUT2D eigenvalue weighted by Gasteiger charge is -2.32. The molecule has 0 spiro atoms. The fourth-order valence-corrected chi connectivity index (χ4v) is 2.95. The molecule has 1 aromatic carbocycles. The number of hydrogen-bond donors (Lipinski definition) is 0. The van der Waals surface area contributed by atoms with Crippen molar-refractivity contribution in [2.24, 2.45) is 0 Å². The van der Waals surface area contributed by atoms with E-state index in [0.717, 1.165) is 10.1 Å². The Balaban J connectivity index is 2.04. The molecule has 3 rings (SSSR count). The molecule has 0 amide bonds. The lowest BCUT2D eigenvalue weighted by Crippen LogP contribution is -2.41. The van der Waals surface area contributed by atoms with Gasteiger partial charge in [-0.05, 0) is 50.6 Å². The molecule has 1 saturated heterocycles. The Hall–Kier alpha value is -0.905. The van der Waals surface area contributed by atoms with Gasteiger partial charge < -0.3 is 9.31 Å². The van der Waals surface area contributed by atoms with Crippen molar-refractivity contribution in [1.29, 1.82) is 0 Å². The number of thiophene rings is 1. The van der Waals surface area contributed by atoms with Crippen LogP contribution in [0.25, 0.3) is 10.1 Å². The van der Waals surface area contributed by atoms with Crippen LogP contribution < -0.4 is 5.46 Å². The van der Waals surface area contributed by atoms with Gasteiger partial charge in [-0.2, -0.15) is 0 Å². The van der Waals surface area contributed by atoms with Crippen molar-refractivity contribution >= 4 is 34.0 Å². The highest BCUT2D eigenvalue weighted by Crippen LogP contribution is 2.37. The summed E-state index contributed by atoms with van der Waals surface area (Å²) < 4.78 is 26.9. The molecule has 0 aliphatic carbocycles. The van der Waals surface area contributed by atoms with Gasteiger partial charge in [-0.1, -0.05) is 6.07 Å². The number of fused-ring (bicyclic) bond motifs is 1. The van der Waals surface area contributed by atoms with Crippen LogP contribution in [0.4, 0.5) is 4.39 Å². The van der Waals surface area contributed by atoms with E-state index in [9.17, 15) is 4.39 Å². The van der Waals surface area contributed by atoms with E-state index in [2.05, 4.69) is 0 Å². The van der Waals surface area contributed by atoms with E-state index in [1.165, 1.54) is 11.3 Å². The van der Waals surface area contributed by atoms with Crippen molar-refractivity contribution in [3.05, 3.63) is 29.4 Å². The first kappa shape index (κ1) is 13.1. The third-order valence-electron chi connectivity index (χ3n) is 4.08. The average molecular weight is 278 g/mol. The van der Waals surface area contributed by atoms with E-state index in [1.54, 1.807) is 6.07 Å². The fourth-order valence-electron chi connectivity index (χ4n) is 2.15. The SMILES string of the molecule is CC1(C)OB(c2cc3ccsc3cc2F)OC1(C)C. The molecule has 0 N–H and O–H groups in total. The Labute approximate surface area is 116 Å². The Kier molecular flexibility index (Phi) is 2.79. The molecule has 0 saturated carbocycles. The van der Waals surface area contributed by atoms with E-state index in [4.69, 9.17) is 9.31 Å². The van der Waals surface area contributed by atoms with Crippen molar-refractivity contribution in [1.82, 2.24) is 0 Å². The number of benzene rings is 1. The Bertz CT molecular complexity index is 619. The highest BCUT2D eigenvalue weighted by Gasteiger charge is 2.52. The quantitative estimate of drug-likeness (QED) is 0.745. The summed E-state index contributed by atoms with van der Waals surface area (Å²) >= 11 is 1.53. The molecule has 100 valence electrons. The number of halogens is 1. The van der Waals surface area contributed by atoms with Gasteiger partial charge in [0.1, 0.15) is 5.82 Å². The average Bonchev–Trinajstić information content (AvgIpc) is 2.80. The maximum Gasteiger partial charge on any atom is 0.497 e. The van der Waals surface area contributed by atoms with Crippen LogP contribution in [-0.4, -0.2) is 18.3 Å². The van der Waals surface area contributed by atoms with Crippen molar-refractivity contribution in [3.63, 3.8) is 0 Å². The molecule has 1 aromatic heterocycles. The molecule has 19 heavy (non-hydrogen) atoms. The van der Waals surface area contributed by atoms with E-state index in [0.29, 0.717) is 5.46 Å². The smallest absolute Gasteiger partial charge is 0.399 e. The molecule has 0 unspecified atom stereocenters. The van der Waals surface area contributed by atoms with Gasteiger partial charge in [-0.3, -0.25) is 0 Å². The lowest BCUT2D eigenvalue weighted by molar-refractivity contribution is 0.00578. The molecular weight excluding hydrogens is 262 g/mol. The number of hydrogen-bond acceptors (Lipinski definition) is 3. The molecule has 0 atom stereocenters. The van der Waals surface area contributed by atoms with Gasteiger partial charge in [0.15, 0.2) is 0 Å². The topological polar surface area (TPSA) is 18.5 Å². The fraction of sp³-hybridized carbons (Fsp3) is 0.429. The lowest BCUT2D eigenvalue weighted by atomic mass is 9.78. The molecule has 5 heteroatoms. The van der Waals surface area contributed by atoms with Crippen molar-refractivity contribution in [2.45, 2.75) is 38.9 Å². The van der Waals surface area contributed by atoms with Crippen LogP contribution in [0, 0.1) is 5.82 Å². The van der Waals surface area contributed by atoms with Crippen molar-refractivity contribution < 1.29 is 13.7 Å². The van der Waals surface area contributed by atoms with Crippen LogP contribution in [-0.2, 0) is 9.31 Å². The first-order valence-corrected chi connectivity index (χ1v) is 7.20. The monoisotopic (exact) mass is 278 g/mol. The first-order valence-electron chi connectivity index (χ1n) is 6.32. The molecular formula is C14H16BFO2S. The van der Waals surface area contributed by atoms with Crippen LogP contribution >= 0.6 is 11.3 Å². The predicted octanol–water partition coefficient (Wildman–Crippen LogP) is 3.34.